The Hall–Kier alpha value is -2.11. The lowest BCUT2D eigenvalue weighted by atomic mass is 10.0. The van der Waals surface area contributed by atoms with E-state index in [1.807, 2.05) is 0 Å². The average molecular weight is 263 g/mol. The standard InChI is InChI=1S/C13H17N3O3/c14-9-4-5-10(15-8-9)7-12(17)16-6-2-1-3-11(16)13(18)19/h4-5,8,11H,1-3,6-7,14H2,(H,18,19)/t11-/m1/s1. The Labute approximate surface area is 111 Å². The maximum atomic E-state index is 12.2. The van der Waals surface area contributed by atoms with Gasteiger partial charge in [-0.15, -0.1) is 0 Å². The number of nitrogen functional groups attached to an aromatic ring is 1. The average Bonchev–Trinajstić information content (AvgIpc) is 2.41. The Balaban J connectivity index is 2.05. The first-order chi connectivity index (χ1) is 9.08. The minimum absolute atomic E-state index is 0.115. The van der Waals surface area contributed by atoms with Gasteiger partial charge in [0.05, 0.1) is 18.3 Å². The third-order valence-corrected chi connectivity index (χ3v) is 3.29. The van der Waals surface area contributed by atoms with E-state index in [9.17, 15) is 9.59 Å². The highest BCUT2D eigenvalue weighted by Crippen LogP contribution is 2.18. The van der Waals surface area contributed by atoms with Crippen LogP contribution in [0.1, 0.15) is 25.0 Å². The quantitative estimate of drug-likeness (QED) is 0.835. The number of amides is 1. The SMILES string of the molecule is Nc1ccc(CC(=O)N2CCCC[C@@H]2C(=O)O)nc1. The molecule has 6 heteroatoms. The molecule has 19 heavy (non-hydrogen) atoms. The van der Waals surface area contributed by atoms with Crippen LogP contribution < -0.4 is 5.73 Å². The highest BCUT2D eigenvalue weighted by Gasteiger charge is 2.31. The molecule has 2 rings (SSSR count). The van der Waals surface area contributed by atoms with E-state index in [4.69, 9.17) is 10.8 Å². The van der Waals surface area contributed by atoms with Gasteiger partial charge in [-0.05, 0) is 31.4 Å². The maximum absolute atomic E-state index is 12.2. The normalized spacial score (nSPS) is 19.2. The first kappa shape index (κ1) is 13.3. The highest BCUT2D eigenvalue weighted by atomic mass is 16.4. The molecule has 6 nitrogen and oxygen atoms in total. The number of hydrogen-bond donors (Lipinski definition) is 2. The molecule has 1 aliphatic rings. The molecule has 2 heterocycles. The van der Waals surface area contributed by atoms with Gasteiger partial charge < -0.3 is 15.7 Å². The van der Waals surface area contributed by atoms with Gasteiger partial charge in [0.2, 0.25) is 5.91 Å². The molecule has 1 amide bonds. The monoisotopic (exact) mass is 263 g/mol. The molecule has 1 atom stereocenters. The van der Waals surface area contributed by atoms with Crippen LogP contribution in [0.5, 0.6) is 0 Å². The summed E-state index contributed by atoms with van der Waals surface area (Å²) >= 11 is 0. The zero-order valence-corrected chi connectivity index (χ0v) is 10.6. The van der Waals surface area contributed by atoms with E-state index in [1.54, 1.807) is 12.1 Å². The fourth-order valence-corrected chi connectivity index (χ4v) is 2.28. The first-order valence-corrected chi connectivity index (χ1v) is 6.30. The molecule has 0 radical (unpaired) electrons. The lowest BCUT2D eigenvalue weighted by Gasteiger charge is -2.32. The van der Waals surface area contributed by atoms with Crippen molar-refractivity contribution < 1.29 is 14.7 Å². The van der Waals surface area contributed by atoms with Gasteiger partial charge in [0.1, 0.15) is 6.04 Å². The minimum atomic E-state index is -0.932. The van der Waals surface area contributed by atoms with E-state index < -0.39 is 12.0 Å². The summed E-state index contributed by atoms with van der Waals surface area (Å²) in [6, 6.07) is 2.67. The number of carbonyl (C=O) groups excluding carboxylic acids is 1. The molecule has 1 aromatic rings. The molecule has 3 N–H and O–H groups in total. The number of likely N-dealkylation sites (tertiary alicyclic amines) is 1. The number of pyridine rings is 1. The summed E-state index contributed by atoms with van der Waals surface area (Å²) in [4.78, 5) is 28.8. The van der Waals surface area contributed by atoms with Crippen molar-refractivity contribution in [3.8, 4) is 0 Å². The molecule has 0 spiro atoms. The molecule has 0 unspecified atom stereocenters. The number of nitrogens with two attached hydrogens (primary N) is 1. The zero-order valence-electron chi connectivity index (χ0n) is 10.6. The molecular formula is C13H17N3O3. The third kappa shape index (κ3) is 3.21. The van der Waals surface area contributed by atoms with Crippen molar-refractivity contribution >= 4 is 17.6 Å². The second kappa shape index (κ2) is 5.69. The van der Waals surface area contributed by atoms with Gasteiger partial charge in [-0.1, -0.05) is 0 Å². The number of carboxylic acid groups (broad SMARTS) is 1. The molecule has 1 fully saturated rings. The van der Waals surface area contributed by atoms with Crippen molar-refractivity contribution in [2.75, 3.05) is 12.3 Å². The molecule has 1 aliphatic heterocycles. The number of nitrogens with zero attached hydrogens (tertiary/aromatic N) is 2. The molecule has 102 valence electrons. The lowest BCUT2D eigenvalue weighted by Crippen LogP contribution is -2.48. The van der Waals surface area contributed by atoms with Gasteiger partial charge in [-0.25, -0.2) is 4.79 Å². The van der Waals surface area contributed by atoms with Crippen LogP contribution in [0.3, 0.4) is 0 Å². The summed E-state index contributed by atoms with van der Waals surface area (Å²) in [7, 11) is 0. The Morgan fingerprint density at radius 2 is 2.21 bits per heavy atom. The van der Waals surface area contributed by atoms with E-state index in [2.05, 4.69) is 4.98 Å². The van der Waals surface area contributed by atoms with E-state index in [0.717, 1.165) is 12.8 Å². The van der Waals surface area contributed by atoms with Crippen molar-refractivity contribution in [2.45, 2.75) is 31.7 Å². The largest absolute Gasteiger partial charge is 0.480 e. The number of aliphatic carboxylic acids is 1. The van der Waals surface area contributed by atoms with Gasteiger partial charge in [-0.2, -0.15) is 0 Å². The van der Waals surface area contributed by atoms with Gasteiger partial charge in [0, 0.05) is 12.2 Å². The van der Waals surface area contributed by atoms with E-state index in [0.29, 0.717) is 24.3 Å². The number of rotatable bonds is 3. The fraction of sp³-hybridized carbons (Fsp3) is 0.462. The second-order valence-electron chi connectivity index (χ2n) is 4.70. The van der Waals surface area contributed by atoms with Crippen LogP contribution in [-0.2, 0) is 16.0 Å². The number of carboxylic acids is 1. The van der Waals surface area contributed by atoms with Crippen molar-refractivity contribution in [1.29, 1.82) is 0 Å². The van der Waals surface area contributed by atoms with Crippen LogP contribution in [-0.4, -0.2) is 39.5 Å². The van der Waals surface area contributed by atoms with Crippen LogP contribution in [0.4, 0.5) is 5.69 Å². The van der Waals surface area contributed by atoms with Crippen molar-refractivity contribution in [2.24, 2.45) is 0 Å². The van der Waals surface area contributed by atoms with E-state index in [1.165, 1.54) is 11.1 Å². The Kier molecular flexibility index (Phi) is 3.99. The van der Waals surface area contributed by atoms with Crippen LogP contribution in [0, 0.1) is 0 Å². The summed E-state index contributed by atoms with van der Waals surface area (Å²) in [6.07, 6.45) is 3.83. The van der Waals surface area contributed by atoms with Gasteiger partial charge in [0.25, 0.3) is 0 Å². The number of anilines is 1. The molecule has 0 aliphatic carbocycles. The smallest absolute Gasteiger partial charge is 0.326 e. The summed E-state index contributed by atoms with van der Waals surface area (Å²) in [6.45, 7) is 0.505. The molecule has 0 bridgehead atoms. The summed E-state index contributed by atoms with van der Waals surface area (Å²) in [5, 5.41) is 9.13. The minimum Gasteiger partial charge on any atom is -0.480 e. The Morgan fingerprint density at radius 1 is 1.42 bits per heavy atom. The predicted octanol–water partition coefficient (Wildman–Crippen LogP) is 0.672. The van der Waals surface area contributed by atoms with E-state index >= 15 is 0 Å². The van der Waals surface area contributed by atoms with Crippen molar-refractivity contribution in [3.63, 3.8) is 0 Å². The van der Waals surface area contributed by atoms with Gasteiger partial charge in [-0.3, -0.25) is 9.78 Å². The topological polar surface area (TPSA) is 96.5 Å². The maximum Gasteiger partial charge on any atom is 0.326 e. The Morgan fingerprint density at radius 3 is 2.84 bits per heavy atom. The van der Waals surface area contributed by atoms with Crippen LogP contribution >= 0.6 is 0 Å². The fourth-order valence-electron chi connectivity index (χ4n) is 2.28. The number of piperidine rings is 1. The predicted molar refractivity (Wildman–Crippen MR) is 69.3 cm³/mol. The van der Waals surface area contributed by atoms with Crippen molar-refractivity contribution in [1.82, 2.24) is 9.88 Å². The Bertz CT molecular complexity index is 473. The number of aromatic nitrogens is 1. The van der Waals surface area contributed by atoms with Crippen LogP contribution in [0.2, 0.25) is 0 Å². The summed E-state index contributed by atoms with van der Waals surface area (Å²) in [5.74, 6) is -1.12. The zero-order chi connectivity index (χ0) is 13.8. The van der Waals surface area contributed by atoms with Crippen LogP contribution in [0.25, 0.3) is 0 Å². The van der Waals surface area contributed by atoms with Crippen LogP contribution in [0.15, 0.2) is 18.3 Å². The molecule has 1 aromatic heterocycles. The summed E-state index contributed by atoms with van der Waals surface area (Å²) < 4.78 is 0. The lowest BCUT2D eigenvalue weighted by molar-refractivity contribution is -0.151. The summed E-state index contributed by atoms with van der Waals surface area (Å²) in [5.41, 5.74) is 6.67. The molecular weight excluding hydrogens is 246 g/mol. The molecule has 0 saturated carbocycles. The van der Waals surface area contributed by atoms with Gasteiger partial charge in [0.15, 0.2) is 0 Å². The molecule has 0 aromatic carbocycles. The second-order valence-corrected chi connectivity index (χ2v) is 4.70. The molecule has 1 saturated heterocycles. The van der Waals surface area contributed by atoms with E-state index in [-0.39, 0.29) is 12.3 Å². The number of carbonyl (C=O) groups is 2. The third-order valence-electron chi connectivity index (χ3n) is 3.29. The van der Waals surface area contributed by atoms with Gasteiger partial charge >= 0.3 is 5.97 Å². The number of hydrogen-bond acceptors (Lipinski definition) is 4. The van der Waals surface area contributed by atoms with Crippen molar-refractivity contribution in [3.05, 3.63) is 24.0 Å². The first-order valence-electron chi connectivity index (χ1n) is 6.30. The highest BCUT2D eigenvalue weighted by molar-refractivity contribution is 5.85.